The number of anilines is 1. The summed E-state index contributed by atoms with van der Waals surface area (Å²) < 4.78 is 1.55. The third-order valence-corrected chi connectivity index (χ3v) is 3.88. The van der Waals surface area contributed by atoms with Crippen LogP contribution in [0.25, 0.3) is 0 Å². The van der Waals surface area contributed by atoms with E-state index in [4.69, 9.17) is 0 Å². The Kier molecular flexibility index (Phi) is 5.33. The minimum absolute atomic E-state index is 0.0700. The van der Waals surface area contributed by atoms with E-state index >= 15 is 0 Å². The maximum atomic E-state index is 11.4. The van der Waals surface area contributed by atoms with Crippen LogP contribution in [0.5, 0.6) is 0 Å². The van der Waals surface area contributed by atoms with Crippen molar-refractivity contribution < 1.29 is 4.92 Å². The number of hydrogen-bond acceptors (Lipinski definition) is 5. The number of rotatable bonds is 7. The molecule has 0 aliphatic carbocycles. The smallest absolute Gasteiger partial charge is 0.333 e. The third kappa shape index (κ3) is 3.68. The molecule has 1 heterocycles. The van der Waals surface area contributed by atoms with Crippen molar-refractivity contribution in [1.29, 1.82) is 0 Å². The van der Waals surface area contributed by atoms with Gasteiger partial charge in [0.25, 0.3) is 0 Å². The van der Waals surface area contributed by atoms with Gasteiger partial charge < -0.3 is 10.2 Å². The molecule has 2 rings (SSSR count). The van der Waals surface area contributed by atoms with Crippen molar-refractivity contribution in [1.82, 2.24) is 14.7 Å². The van der Waals surface area contributed by atoms with Crippen LogP contribution < -0.4 is 5.32 Å². The predicted octanol–water partition coefficient (Wildman–Crippen LogP) is 2.61. The lowest BCUT2D eigenvalue weighted by Crippen LogP contribution is -2.27. The van der Waals surface area contributed by atoms with Gasteiger partial charge in [0.05, 0.1) is 11.0 Å². The number of aromatic nitrogens is 2. The van der Waals surface area contributed by atoms with Crippen LogP contribution in [-0.2, 0) is 13.5 Å². The van der Waals surface area contributed by atoms with Gasteiger partial charge in [0.15, 0.2) is 0 Å². The van der Waals surface area contributed by atoms with Crippen LogP contribution in [0.15, 0.2) is 30.3 Å². The Balaban J connectivity index is 2.25. The predicted molar refractivity (Wildman–Crippen MR) is 90.6 cm³/mol. The summed E-state index contributed by atoms with van der Waals surface area (Å²) in [4.78, 5) is 13.1. The first-order valence-electron chi connectivity index (χ1n) is 7.61. The molecule has 0 fully saturated rings. The SMILES string of the molecule is CCc1nn(C)c(NCC(c2ccccc2)N(C)C)c1[N+](=O)[O-]. The molecule has 0 aliphatic rings. The first-order valence-corrected chi connectivity index (χ1v) is 7.61. The number of likely N-dealkylation sites (N-methyl/N-ethyl adjacent to an activating group) is 1. The first kappa shape index (κ1) is 17.0. The monoisotopic (exact) mass is 317 g/mol. The molecule has 0 saturated heterocycles. The van der Waals surface area contributed by atoms with E-state index in [1.165, 1.54) is 0 Å². The molecule has 2 aromatic rings. The molecular formula is C16H23N5O2. The number of hydrogen-bond donors (Lipinski definition) is 1. The molecule has 0 aliphatic heterocycles. The van der Waals surface area contributed by atoms with Gasteiger partial charge >= 0.3 is 5.69 Å². The standard InChI is InChI=1S/C16H23N5O2/c1-5-13-15(21(22)23)16(20(4)18-13)17-11-14(19(2)3)12-9-7-6-8-10-12/h6-10,14,17H,5,11H2,1-4H3. The fourth-order valence-electron chi connectivity index (χ4n) is 2.66. The average molecular weight is 317 g/mol. The van der Waals surface area contributed by atoms with Crippen molar-refractivity contribution in [2.45, 2.75) is 19.4 Å². The maximum Gasteiger partial charge on any atom is 0.333 e. The van der Waals surface area contributed by atoms with E-state index in [2.05, 4.69) is 27.4 Å². The number of aryl methyl sites for hydroxylation is 2. The highest BCUT2D eigenvalue weighted by Crippen LogP contribution is 2.29. The van der Waals surface area contributed by atoms with Gasteiger partial charge in [-0.15, -0.1) is 0 Å². The zero-order valence-corrected chi connectivity index (χ0v) is 14.0. The lowest BCUT2D eigenvalue weighted by atomic mass is 10.1. The molecule has 23 heavy (non-hydrogen) atoms. The van der Waals surface area contributed by atoms with Crippen LogP contribution in [0.2, 0.25) is 0 Å². The molecule has 0 spiro atoms. The van der Waals surface area contributed by atoms with E-state index in [9.17, 15) is 10.1 Å². The zero-order valence-electron chi connectivity index (χ0n) is 14.0. The average Bonchev–Trinajstić information content (AvgIpc) is 2.84. The molecule has 1 aromatic heterocycles. The van der Waals surface area contributed by atoms with Gasteiger partial charge in [0, 0.05) is 13.6 Å². The van der Waals surface area contributed by atoms with Crippen molar-refractivity contribution in [3.63, 3.8) is 0 Å². The summed E-state index contributed by atoms with van der Waals surface area (Å²) in [6.45, 7) is 2.42. The van der Waals surface area contributed by atoms with Gasteiger partial charge in [-0.1, -0.05) is 37.3 Å². The highest BCUT2D eigenvalue weighted by Gasteiger charge is 2.26. The summed E-state index contributed by atoms with van der Waals surface area (Å²) in [5, 5.41) is 18.8. The van der Waals surface area contributed by atoms with Crippen molar-refractivity contribution in [2.24, 2.45) is 7.05 Å². The number of nitro groups is 1. The minimum atomic E-state index is -0.360. The van der Waals surface area contributed by atoms with Gasteiger partial charge in [-0.2, -0.15) is 5.10 Å². The number of nitrogens with one attached hydrogen (secondary N) is 1. The van der Waals surface area contributed by atoms with Crippen molar-refractivity contribution in [2.75, 3.05) is 26.0 Å². The molecule has 124 valence electrons. The van der Waals surface area contributed by atoms with E-state index in [-0.39, 0.29) is 16.7 Å². The van der Waals surface area contributed by atoms with Gasteiger partial charge in [-0.25, -0.2) is 4.68 Å². The van der Waals surface area contributed by atoms with Gasteiger partial charge in [-0.05, 0) is 26.1 Å². The molecule has 1 unspecified atom stereocenters. The Bertz CT molecular complexity index is 667. The van der Waals surface area contributed by atoms with Crippen LogP contribution in [-0.4, -0.2) is 40.2 Å². The number of benzene rings is 1. The van der Waals surface area contributed by atoms with Crippen LogP contribution in [0.4, 0.5) is 11.5 Å². The van der Waals surface area contributed by atoms with Crippen LogP contribution in [0, 0.1) is 10.1 Å². The van der Waals surface area contributed by atoms with Crippen molar-refractivity contribution >= 4 is 11.5 Å². The molecule has 1 atom stereocenters. The number of nitrogens with zero attached hydrogens (tertiary/aromatic N) is 4. The van der Waals surface area contributed by atoms with Crippen LogP contribution >= 0.6 is 0 Å². The van der Waals surface area contributed by atoms with Crippen LogP contribution in [0.1, 0.15) is 24.2 Å². The molecule has 1 N–H and O–H groups in total. The largest absolute Gasteiger partial charge is 0.363 e. The summed E-state index contributed by atoms with van der Waals surface area (Å²) >= 11 is 0. The Labute approximate surface area is 136 Å². The lowest BCUT2D eigenvalue weighted by molar-refractivity contribution is -0.384. The highest BCUT2D eigenvalue weighted by atomic mass is 16.6. The Hall–Kier alpha value is -2.41. The minimum Gasteiger partial charge on any atom is -0.363 e. The lowest BCUT2D eigenvalue weighted by Gasteiger charge is -2.25. The molecule has 7 nitrogen and oxygen atoms in total. The molecule has 1 aromatic carbocycles. The van der Waals surface area contributed by atoms with Gasteiger partial charge in [0.1, 0.15) is 5.69 Å². The van der Waals surface area contributed by atoms with Gasteiger partial charge in [0.2, 0.25) is 5.82 Å². The summed E-state index contributed by atoms with van der Waals surface area (Å²) in [5.41, 5.74) is 1.73. The molecular weight excluding hydrogens is 294 g/mol. The first-order chi connectivity index (χ1) is 11.0. The van der Waals surface area contributed by atoms with Crippen molar-refractivity contribution in [3.05, 3.63) is 51.7 Å². The molecule has 0 saturated carbocycles. The second-order valence-corrected chi connectivity index (χ2v) is 5.65. The van der Waals surface area contributed by atoms with E-state index in [0.29, 0.717) is 24.5 Å². The van der Waals surface area contributed by atoms with E-state index in [1.54, 1.807) is 11.7 Å². The van der Waals surface area contributed by atoms with Crippen LogP contribution in [0.3, 0.4) is 0 Å². The molecule has 0 amide bonds. The normalized spacial score (nSPS) is 12.4. The Morgan fingerprint density at radius 1 is 1.35 bits per heavy atom. The second kappa shape index (κ2) is 7.23. The summed E-state index contributed by atoms with van der Waals surface area (Å²) in [6, 6.07) is 10.2. The molecule has 7 heteroatoms. The maximum absolute atomic E-state index is 11.4. The third-order valence-electron chi connectivity index (χ3n) is 3.88. The summed E-state index contributed by atoms with van der Waals surface area (Å²) in [5.74, 6) is 0.453. The molecule has 0 radical (unpaired) electrons. The fourth-order valence-corrected chi connectivity index (χ4v) is 2.66. The Morgan fingerprint density at radius 2 is 2.00 bits per heavy atom. The summed E-state index contributed by atoms with van der Waals surface area (Å²) in [6.07, 6.45) is 0.529. The zero-order chi connectivity index (χ0) is 17.0. The Morgan fingerprint density at radius 3 is 2.52 bits per heavy atom. The quantitative estimate of drug-likeness (QED) is 0.627. The van der Waals surface area contributed by atoms with E-state index in [1.807, 2.05) is 39.2 Å². The fraction of sp³-hybridized carbons (Fsp3) is 0.438. The van der Waals surface area contributed by atoms with Crippen molar-refractivity contribution in [3.8, 4) is 0 Å². The molecule has 0 bridgehead atoms. The highest BCUT2D eigenvalue weighted by molar-refractivity contribution is 5.60. The van der Waals surface area contributed by atoms with E-state index in [0.717, 1.165) is 5.56 Å². The van der Waals surface area contributed by atoms with Gasteiger partial charge in [-0.3, -0.25) is 10.1 Å². The second-order valence-electron chi connectivity index (χ2n) is 5.65. The topological polar surface area (TPSA) is 76.2 Å². The summed E-state index contributed by atoms with van der Waals surface area (Å²) in [7, 11) is 5.71. The van der Waals surface area contributed by atoms with E-state index < -0.39 is 0 Å².